The number of aromatic nitrogens is 2. The molecule has 108 valence electrons. The lowest BCUT2D eigenvalue weighted by molar-refractivity contribution is 0.266. The largest absolute Gasteiger partial charge is 0.463 e. The third-order valence-electron chi connectivity index (χ3n) is 3.14. The van der Waals surface area contributed by atoms with Gasteiger partial charge in [0.2, 0.25) is 0 Å². The van der Waals surface area contributed by atoms with E-state index in [9.17, 15) is 0 Å². The Balaban J connectivity index is 0.00000180. The fourth-order valence-electron chi connectivity index (χ4n) is 2.23. The minimum atomic E-state index is 0. The molecule has 1 atom stereocenters. The number of hydrogen-bond acceptors (Lipinski definition) is 4. The number of nitrogens with zero attached hydrogens (tertiary/aromatic N) is 2. The first-order valence-corrected chi connectivity index (χ1v) is 6.99. The molecule has 6 heteroatoms. The Hall–Kier alpha value is -0.580. The number of piperidine rings is 1. The quantitative estimate of drug-likeness (QED) is 0.670. The van der Waals surface area contributed by atoms with Gasteiger partial charge in [0.15, 0.2) is 0 Å². The van der Waals surface area contributed by atoms with Crippen LogP contribution >= 0.6 is 24.0 Å². The Labute approximate surface area is 125 Å². The van der Waals surface area contributed by atoms with E-state index in [0.717, 1.165) is 25.1 Å². The second-order valence-corrected chi connectivity index (χ2v) is 5.14. The van der Waals surface area contributed by atoms with Gasteiger partial charge in [-0.25, -0.2) is 4.98 Å². The zero-order chi connectivity index (χ0) is 12.8. The second-order valence-electron chi connectivity index (χ2n) is 4.75. The van der Waals surface area contributed by atoms with Crippen molar-refractivity contribution in [3.63, 3.8) is 0 Å². The highest BCUT2D eigenvalue weighted by Crippen LogP contribution is 2.14. The predicted molar refractivity (Wildman–Crippen MR) is 79.4 cm³/mol. The van der Waals surface area contributed by atoms with Crippen molar-refractivity contribution in [3.05, 3.63) is 16.9 Å². The first-order valence-electron chi connectivity index (χ1n) is 6.61. The van der Waals surface area contributed by atoms with Gasteiger partial charge in [-0.3, -0.25) is 0 Å². The average molecular weight is 306 g/mol. The molecule has 2 heterocycles. The monoisotopic (exact) mass is 305 g/mol. The number of ether oxygens (including phenoxy) is 1. The third-order valence-corrected chi connectivity index (χ3v) is 3.34. The predicted octanol–water partition coefficient (Wildman–Crippen LogP) is 3.16. The highest BCUT2D eigenvalue weighted by atomic mass is 35.5. The molecule has 0 spiro atoms. The summed E-state index contributed by atoms with van der Waals surface area (Å²) in [5, 5.41) is 3.96. The molecule has 0 bridgehead atoms. The highest BCUT2D eigenvalue weighted by Gasteiger charge is 2.11. The van der Waals surface area contributed by atoms with Gasteiger partial charge >= 0.3 is 6.01 Å². The van der Waals surface area contributed by atoms with Crippen molar-refractivity contribution >= 4 is 24.0 Å². The summed E-state index contributed by atoms with van der Waals surface area (Å²) in [7, 11) is 0. The minimum absolute atomic E-state index is 0. The van der Waals surface area contributed by atoms with E-state index in [1.54, 1.807) is 6.07 Å². The molecule has 0 aromatic carbocycles. The van der Waals surface area contributed by atoms with Crippen LogP contribution in [0.25, 0.3) is 0 Å². The van der Waals surface area contributed by atoms with Gasteiger partial charge in [0.05, 0.1) is 6.61 Å². The molecule has 0 radical (unpaired) electrons. The summed E-state index contributed by atoms with van der Waals surface area (Å²) in [5.41, 5.74) is 0.832. The van der Waals surface area contributed by atoms with Gasteiger partial charge in [0.25, 0.3) is 0 Å². The Bertz CT molecular complexity index is 364. The van der Waals surface area contributed by atoms with Crippen LogP contribution in [0.1, 0.15) is 37.8 Å². The number of aryl methyl sites for hydroxylation is 1. The van der Waals surface area contributed by atoms with Crippen LogP contribution in [0.2, 0.25) is 5.15 Å². The number of hydrogen-bond donors (Lipinski definition) is 1. The summed E-state index contributed by atoms with van der Waals surface area (Å²) in [6.45, 7) is 3.69. The maximum atomic E-state index is 5.84. The standard InChI is InChI=1S/C13H20ClN3O.ClH/c1-10-9-12(14)17-13(16-10)18-8-4-6-11-5-2-3-7-15-11;/h9,11,15H,2-8H2,1H3;1H. The van der Waals surface area contributed by atoms with Crippen molar-refractivity contribution in [3.8, 4) is 6.01 Å². The van der Waals surface area contributed by atoms with Crippen molar-refractivity contribution < 1.29 is 4.74 Å². The zero-order valence-electron chi connectivity index (χ0n) is 11.2. The Morgan fingerprint density at radius 2 is 2.26 bits per heavy atom. The van der Waals surface area contributed by atoms with Crippen molar-refractivity contribution in [2.24, 2.45) is 0 Å². The molecular weight excluding hydrogens is 285 g/mol. The van der Waals surface area contributed by atoms with Crippen LogP contribution in [-0.2, 0) is 0 Å². The minimum Gasteiger partial charge on any atom is -0.463 e. The molecule has 0 saturated carbocycles. The Morgan fingerprint density at radius 1 is 1.42 bits per heavy atom. The third kappa shape index (κ3) is 5.93. The normalized spacial score (nSPS) is 18.7. The van der Waals surface area contributed by atoms with Gasteiger partial charge in [-0.05, 0) is 45.2 Å². The molecule has 4 nitrogen and oxygen atoms in total. The molecule has 1 saturated heterocycles. The molecule has 1 aromatic rings. The molecule has 1 aliphatic rings. The average Bonchev–Trinajstić information content (AvgIpc) is 2.35. The van der Waals surface area contributed by atoms with Crippen LogP contribution < -0.4 is 10.1 Å². The second kappa shape index (κ2) is 8.56. The van der Waals surface area contributed by atoms with Crippen LogP contribution in [0.5, 0.6) is 6.01 Å². The lowest BCUT2D eigenvalue weighted by atomic mass is 10.0. The van der Waals surface area contributed by atoms with E-state index in [4.69, 9.17) is 16.3 Å². The maximum Gasteiger partial charge on any atom is 0.318 e. The summed E-state index contributed by atoms with van der Waals surface area (Å²) < 4.78 is 5.52. The van der Waals surface area contributed by atoms with Crippen molar-refractivity contribution in [1.82, 2.24) is 15.3 Å². The molecule has 1 N–H and O–H groups in total. The van der Waals surface area contributed by atoms with Crippen molar-refractivity contribution in [2.75, 3.05) is 13.2 Å². The summed E-state index contributed by atoms with van der Waals surface area (Å²) in [5.74, 6) is 0. The molecular formula is C13H21Cl2N3O. The number of halogens is 2. The van der Waals surface area contributed by atoms with E-state index in [-0.39, 0.29) is 12.4 Å². The van der Waals surface area contributed by atoms with E-state index in [0.29, 0.717) is 23.8 Å². The van der Waals surface area contributed by atoms with Crippen LogP contribution in [0, 0.1) is 6.92 Å². The van der Waals surface area contributed by atoms with Crippen LogP contribution in [0.4, 0.5) is 0 Å². The van der Waals surface area contributed by atoms with Gasteiger partial charge in [0, 0.05) is 11.7 Å². The van der Waals surface area contributed by atoms with Crippen LogP contribution in [-0.4, -0.2) is 29.2 Å². The molecule has 1 unspecified atom stereocenters. The maximum absolute atomic E-state index is 5.84. The number of nitrogens with one attached hydrogen (secondary N) is 1. The zero-order valence-corrected chi connectivity index (χ0v) is 12.8. The van der Waals surface area contributed by atoms with Gasteiger partial charge in [-0.1, -0.05) is 18.0 Å². The summed E-state index contributed by atoms with van der Waals surface area (Å²) in [6.07, 6.45) is 6.11. The van der Waals surface area contributed by atoms with Crippen molar-refractivity contribution in [1.29, 1.82) is 0 Å². The summed E-state index contributed by atoms with van der Waals surface area (Å²) >= 11 is 5.84. The van der Waals surface area contributed by atoms with E-state index in [1.807, 2.05) is 6.92 Å². The first kappa shape index (κ1) is 16.5. The lowest BCUT2D eigenvalue weighted by Crippen LogP contribution is -2.34. The molecule has 0 aliphatic carbocycles. The topological polar surface area (TPSA) is 47.0 Å². The molecule has 0 amide bonds. The molecule has 1 aliphatic heterocycles. The molecule has 2 rings (SSSR count). The van der Waals surface area contributed by atoms with Crippen LogP contribution in [0.15, 0.2) is 6.07 Å². The molecule has 1 aromatic heterocycles. The van der Waals surface area contributed by atoms with E-state index < -0.39 is 0 Å². The Morgan fingerprint density at radius 3 is 2.95 bits per heavy atom. The summed E-state index contributed by atoms with van der Waals surface area (Å²) in [6, 6.07) is 2.77. The fourth-order valence-corrected chi connectivity index (χ4v) is 2.46. The van der Waals surface area contributed by atoms with E-state index >= 15 is 0 Å². The lowest BCUT2D eigenvalue weighted by Gasteiger charge is -2.23. The van der Waals surface area contributed by atoms with Crippen LogP contribution in [0.3, 0.4) is 0 Å². The SMILES string of the molecule is Cc1cc(Cl)nc(OCCCC2CCCCN2)n1.Cl. The number of rotatable bonds is 5. The van der Waals surface area contributed by atoms with Gasteiger partial charge in [0.1, 0.15) is 5.15 Å². The van der Waals surface area contributed by atoms with E-state index in [2.05, 4.69) is 15.3 Å². The van der Waals surface area contributed by atoms with Gasteiger partial charge in [-0.2, -0.15) is 4.98 Å². The van der Waals surface area contributed by atoms with Gasteiger partial charge < -0.3 is 10.1 Å². The Kier molecular flexibility index (Phi) is 7.42. The molecule has 1 fully saturated rings. The molecule has 19 heavy (non-hydrogen) atoms. The first-order chi connectivity index (χ1) is 8.74. The van der Waals surface area contributed by atoms with E-state index in [1.165, 1.54) is 19.3 Å². The fraction of sp³-hybridized carbons (Fsp3) is 0.692. The van der Waals surface area contributed by atoms with Gasteiger partial charge in [-0.15, -0.1) is 12.4 Å². The van der Waals surface area contributed by atoms with Crippen molar-refractivity contribution in [2.45, 2.75) is 45.1 Å². The summed E-state index contributed by atoms with van der Waals surface area (Å²) in [4.78, 5) is 8.22. The smallest absolute Gasteiger partial charge is 0.318 e. The highest BCUT2D eigenvalue weighted by molar-refractivity contribution is 6.29.